The zero-order valence-electron chi connectivity index (χ0n) is 16.3. The maximum atomic E-state index is 12.8. The Morgan fingerprint density at radius 1 is 1.14 bits per heavy atom. The van der Waals surface area contributed by atoms with Gasteiger partial charge in [-0.25, -0.2) is 18.1 Å². The molecular formula is C21H23N3O3S2. The lowest BCUT2D eigenvalue weighted by atomic mass is 10.2. The summed E-state index contributed by atoms with van der Waals surface area (Å²) in [4.78, 5) is 18.8. The van der Waals surface area contributed by atoms with Gasteiger partial charge in [-0.15, -0.1) is 11.3 Å². The molecular weight excluding hydrogens is 406 g/mol. The molecule has 0 fully saturated rings. The molecule has 0 spiro atoms. The number of carbonyl (C=O) groups is 1. The van der Waals surface area contributed by atoms with E-state index in [0.29, 0.717) is 12.1 Å². The molecule has 1 N–H and O–H groups in total. The third kappa shape index (κ3) is 5.50. The Morgan fingerprint density at radius 2 is 1.90 bits per heavy atom. The van der Waals surface area contributed by atoms with Crippen molar-refractivity contribution in [2.45, 2.75) is 31.3 Å². The number of hydrogen-bond acceptors (Lipinski definition) is 5. The topological polar surface area (TPSA) is 79.4 Å². The Bertz CT molecular complexity index is 1080. The summed E-state index contributed by atoms with van der Waals surface area (Å²) < 4.78 is 27.8. The molecule has 0 aliphatic rings. The number of amides is 1. The van der Waals surface area contributed by atoms with Crippen molar-refractivity contribution in [3.63, 3.8) is 0 Å². The lowest BCUT2D eigenvalue weighted by Crippen LogP contribution is -2.27. The van der Waals surface area contributed by atoms with Gasteiger partial charge in [0.15, 0.2) is 0 Å². The van der Waals surface area contributed by atoms with E-state index in [2.05, 4.69) is 9.71 Å². The normalized spacial score (nSPS) is 11.4. The van der Waals surface area contributed by atoms with Crippen LogP contribution in [0.1, 0.15) is 33.5 Å². The average molecular weight is 430 g/mol. The smallest absolute Gasteiger partial charge is 0.253 e. The van der Waals surface area contributed by atoms with Gasteiger partial charge in [-0.2, -0.15) is 0 Å². The second-order valence-electron chi connectivity index (χ2n) is 6.59. The summed E-state index contributed by atoms with van der Waals surface area (Å²) >= 11 is 1.57. The second-order valence-corrected chi connectivity index (χ2v) is 9.29. The monoisotopic (exact) mass is 429 g/mol. The van der Waals surface area contributed by atoms with Gasteiger partial charge < -0.3 is 4.90 Å². The largest absolute Gasteiger partial charge is 0.336 e. The Balaban J connectivity index is 1.71. The SMILES string of the molecule is CCc1nc(CN(C)C(=O)c2cccc(S(=O)(=O)NCc3ccccc3)c2)cs1. The second kappa shape index (κ2) is 9.30. The molecule has 8 heteroatoms. The molecule has 0 aliphatic carbocycles. The summed E-state index contributed by atoms with van der Waals surface area (Å²) in [6, 6.07) is 15.4. The van der Waals surface area contributed by atoms with E-state index in [4.69, 9.17) is 0 Å². The van der Waals surface area contributed by atoms with E-state index in [0.717, 1.165) is 22.7 Å². The van der Waals surface area contributed by atoms with Gasteiger partial charge in [0, 0.05) is 24.5 Å². The maximum Gasteiger partial charge on any atom is 0.253 e. The Labute approximate surface area is 175 Å². The van der Waals surface area contributed by atoms with Crippen LogP contribution in [-0.2, 0) is 29.5 Å². The first-order valence-corrected chi connectivity index (χ1v) is 11.6. The summed E-state index contributed by atoms with van der Waals surface area (Å²) in [6.07, 6.45) is 0.859. The molecule has 152 valence electrons. The third-order valence-corrected chi connectivity index (χ3v) is 6.79. The van der Waals surface area contributed by atoms with Gasteiger partial charge >= 0.3 is 0 Å². The van der Waals surface area contributed by atoms with Crippen LogP contribution in [0.15, 0.2) is 64.9 Å². The van der Waals surface area contributed by atoms with E-state index >= 15 is 0 Å². The van der Waals surface area contributed by atoms with E-state index in [1.807, 2.05) is 42.6 Å². The Kier molecular flexibility index (Phi) is 6.79. The van der Waals surface area contributed by atoms with Crippen LogP contribution in [-0.4, -0.2) is 31.3 Å². The van der Waals surface area contributed by atoms with Crippen molar-refractivity contribution in [3.05, 3.63) is 81.8 Å². The standard InChI is InChI=1S/C21H23N3O3S2/c1-3-20-23-18(15-28-20)14-24(2)21(25)17-10-7-11-19(12-17)29(26,27)22-13-16-8-5-4-6-9-16/h4-12,15,22H,3,13-14H2,1-2H3. The van der Waals surface area contributed by atoms with Crippen LogP contribution < -0.4 is 4.72 Å². The van der Waals surface area contributed by atoms with Gasteiger partial charge in [-0.1, -0.05) is 43.3 Å². The van der Waals surface area contributed by atoms with Crippen LogP contribution in [0.2, 0.25) is 0 Å². The Hall–Kier alpha value is -2.55. The van der Waals surface area contributed by atoms with Crippen molar-refractivity contribution < 1.29 is 13.2 Å². The fraction of sp³-hybridized carbons (Fsp3) is 0.238. The first kappa shape index (κ1) is 21.2. The van der Waals surface area contributed by atoms with Crippen LogP contribution in [0, 0.1) is 0 Å². The average Bonchev–Trinajstić information content (AvgIpc) is 3.20. The lowest BCUT2D eigenvalue weighted by molar-refractivity contribution is 0.0783. The maximum absolute atomic E-state index is 12.8. The first-order valence-electron chi connectivity index (χ1n) is 9.21. The highest BCUT2D eigenvalue weighted by atomic mass is 32.2. The van der Waals surface area contributed by atoms with Gasteiger partial charge in [0.25, 0.3) is 5.91 Å². The fourth-order valence-electron chi connectivity index (χ4n) is 2.77. The molecule has 6 nitrogen and oxygen atoms in total. The van der Waals surface area contributed by atoms with Crippen molar-refractivity contribution in [2.24, 2.45) is 0 Å². The van der Waals surface area contributed by atoms with Gasteiger partial charge in [0.1, 0.15) is 0 Å². The molecule has 3 rings (SSSR count). The fourth-order valence-corrected chi connectivity index (χ4v) is 4.57. The minimum absolute atomic E-state index is 0.0645. The Morgan fingerprint density at radius 3 is 2.59 bits per heavy atom. The highest BCUT2D eigenvalue weighted by molar-refractivity contribution is 7.89. The number of rotatable bonds is 8. The van der Waals surface area contributed by atoms with Crippen molar-refractivity contribution in [2.75, 3.05) is 7.05 Å². The summed E-state index contributed by atoms with van der Waals surface area (Å²) in [5.74, 6) is -0.254. The molecule has 0 saturated carbocycles. The van der Waals surface area contributed by atoms with Gasteiger partial charge in [0.2, 0.25) is 10.0 Å². The van der Waals surface area contributed by atoms with Gasteiger partial charge in [-0.3, -0.25) is 4.79 Å². The number of carbonyl (C=O) groups excluding carboxylic acids is 1. The summed E-state index contributed by atoms with van der Waals surface area (Å²) in [7, 11) is -2.05. The molecule has 0 radical (unpaired) electrons. The van der Waals surface area contributed by atoms with Crippen LogP contribution in [0.3, 0.4) is 0 Å². The molecule has 0 aliphatic heterocycles. The van der Waals surface area contributed by atoms with Gasteiger partial charge in [0.05, 0.1) is 22.1 Å². The van der Waals surface area contributed by atoms with Crippen molar-refractivity contribution in [1.29, 1.82) is 0 Å². The van der Waals surface area contributed by atoms with Crippen molar-refractivity contribution in [3.8, 4) is 0 Å². The van der Waals surface area contributed by atoms with Crippen LogP contribution >= 0.6 is 11.3 Å². The van der Waals surface area contributed by atoms with E-state index in [9.17, 15) is 13.2 Å². The highest BCUT2D eigenvalue weighted by Crippen LogP contribution is 2.16. The predicted octanol–water partition coefficient (Wildman–Crippen LogP) is 3.46. The van der Waals surface area contributed by atoms with Crippen molar-refractivity contribution >= 4 is 27.3 Å². The molecule has 1 amide bonds. The third-order valence-electron chi connectivity index (χ3n) is 4.35. The lowest BCUT2D eigenvalue weighted by Gasteiger charge is -2.16. The molecule has 0 saturated heterocycles. The number of nitrogens with zero attached hydrogens (tertiary/aromatic N) is 2. The number of nitrogens with one attached hydrogen (secondary N) is 1. The molecule has 29 heavy (non-hydrogen) atoms. The van der Waals surface area contributed by atoms with E-state index in [1.54, 1.807) is 30.5 Å². The van der Waals surface area contributed by atoms with Gasteiger partial charge in [-0.05, 0) is 30.2 Å². The predicted molar refractivity (Wildman–Crippen MR) is 114 cm³/mol. The summed E-state index contributed by atoms with van der Waals surface area (Å²) in [5.41, 5.74) is 2.01. The van der Waals surface area contributed by atoms with E-state index < -0.39 is 10.0 Å². The molecule has 3 aromatic rings. The first-order chi connectivity index (χ1) is 13.9. The number of aromatic nitrogens is 1. The summed E-state index contributed by atoms with van der Waals surface area (Å²) in [5, 5.41) is 2.97. The zero-order valence-corrected chi connectivity index (χ0v) is 18.0. The van der Waals surface area contributed by atoms with Crippen LogP contribution in [0.4, 0.5) is 0 Å². The molecule has 0 unspecified atom stereocenters. The minimum atomic E-state index is -3.73. The number of aryl methyl sites for hydroxylation is 1. The molecule has 1 aromatic heterocycles. The highest BCUT2D eigenvalue weighted by Gasteiger charge is 2.18. The summed E-state index contributed by atoms with van der Waals surface area (Å²) in [6.45, 7) is 2.60. The van der Waals surface area contributed by atoms with E-state index in [1.165, 1.54) is 17.0 Å². The van der Waals surface area contributed by atoms with Crippen molar-refractivity contribution in [1.82, 2.24) is 14.6 Å². The number of hydrogen-bond donors (Lipinski definition) is 1. The number of thiazole rings is 1. The van der Waals surface area contributed by atoms with Crippen LogP contribution in [0.25, 0.3) is 0 Å². The molecule has 2 aromatic carbocycles. The van der Waals surface area contributed by atoms with E-state index in [-0.39, 0.29) is 17.3 Å². The molecule has 1 heterocycles. The minimum Gasteiger partial charge on any atom is -0.336 e. The number of sulfonamides is 1. The molecule has 0 bridgehead atoms. The molecule has 0 atom stereocenters. The quantitative estimate of drug-likeness (QED) is 0.595. The number of benzene rings is 2. The zero-order chi connectivity index (χ0) is 20.9. The van der Waals surface area contributed by atoms with Crippen LogP contribution in [0.5, 0.6) is 0 Å².